The van der Waals surface area contributed by atoms with E-state index in [1.807, 2.05) is 32.0 Å². The number of anilines is 1. The molecule has 152 valence electrons. The number of ether oxygens (including phenoxy) is 2. The highest BCUT2D eigenvalue weighted by Crippen LogP contribution is 2.29. The number of benzene rings is 2. The second-order valence-electron chi connectivity index (χ2n) is 7.37. The Kier molecular flexibility index (Phi) is 6.01. The number of esters is 1. The average molecular weight is 395 g/mol. The van der Waals surface area contributed by atoms with Crippen LogP contribution in [0.2, 0.25) is 0 Å². The highest BCUT2D eigenvalue weighted by atomic mass is 16.5. The molecule has 0 saturated carbocycles. The molecular formula is C23H25NO5. The van der Waals surface area contributed by atoms with Crippen LogP contribution in [0, 0.1) is 19.8 Å². The molecule has 6 heteroatoms. The second-order valence-corrected chi connectivity index (χ2v) is 7.37. The molecule has 2 atom stereocenters. The van der Waals surface area contributed by atoms with Crippen LogP contribution in [0.3, 0.4) is 0 Å². The quantitative estimate of drug-likeness (QED) is 0.553. The summed E-state index contributed by atoms with van der Waals surface area (Å²) in [6.45, 7) is 5.73. The molecule has 0 aliphatic carbocycles. The molecule has 1 fully saturated rings. The van der Waals surface area contributed by atoms with Crippen LogP contribution in [0.5, 0.6) is 5.75 Å². The van der Waals surface area contributed by atoms with Crippen molar-refractivity contribution in [3.05, 3.63) is 59.2 Å². The molecule has 1 heterocycles. The van der Waals surface area contributed by atoms with Gasteiger partial charge in [-0.05, 0) is 56.7 Å². The summed E-state index contributed by atoms with van der Waals surface area (Å²) >= 11 is 0. The summed E-state index contributed by atoms with van der Waals surface area (Å²) in [7, 11) is 1.55. The summed E-state index contributed by atoms with van der Waals surface area (Å²) < 4.78 is 10.5. The number of amides is 1. The molecular weight excluding hydrogens is 370 g/mol. The molecule has 6 nitrogen and oxygen atoms in total. The van der Waals surface area contributed by atoms with Crippen molar-refractivity contribution in [3.8, 4) is 5.75 Å². The van der Waals surface area contributed by atoms with E-state index in [1.165, 1.54) is 0 Å². The smallest absolute Gasteiger partial charge is 0.312 e. The van der Waals surface area contributed by atoms with Crippen LogP contribution in [0.4, 0.5) is 5.69 Å². The predicted molar refractivity (Wildman–Crippen MR) is 109 cm³/mol. The number of carbonyl (C=O) groups excluding carboxylic acids is 3. The van der Waals surface area contributed by atoms with Gasteiger partial charge in [-0.15, -0.1) is 0 Å². The van der Waals surface area contributed by atoms with Gasteiger partial charge in [0.15, 0.2) is 6.10 Å². The SMILES string of the molecule is COc1ccc(C(=O)[C@H](C)OC(=O)[C@H]2CC(=O)N(c3ccc(C)cc3C)C2)cc1. The molecule has 1 saturated heterocycles. The van der Waals surface area contributed by atoms with Gasteiger partial charge in [-0.1, -0.05) is 17.7 Å². The fourth-order valence-electron chi connectivity index (χ4n) is 3.52. The van der Waals surface area contributed by atoms with Gasteiger partial charge in [0.05, 0.1) is 13.0 Å². The monoisotopic (exact) mass is 395 g/mol. The van der Waals surface area contributed by atoms with E-state index in [0.29, 0.717) is 11.3 Å². The molecule has 29 heavy (non-hydrogen) atoms. The topological polar surface area (TPSA) is 72.9 Å². The minimum absolute atomic E-state index is 0.0790. The minimum atomic E-state index is -0.929. The van der Waals surface area contributed by atoms with Crippen molar-refractivity contribution >= 4 is 23.3 Å². The maximum atomic E-state index is 12.6. The van der Waals surface area contributed by atoms with Crippen LogP contribution in [0.1, 0.15) is 34.8 Å². The van der Waals surface area contributed by atoms with Crippen LogP contribution in [0.25, 0.3) is 0 Å². The van der Waals surface area contributed by atoms with E-state index in [2.05, 4.69) is 0 Å². The Morgan fingerprint density at radius 3 is 2.41 bits per heavy atom. The zero-order chi connectivity index (χ0) is 21.1. The van der Waals surface area contributed by atoms with Gasteiger partial charge in [0.2, 0.25) is 11.7 Å². The fraction of sp³-hybridized carbons (Fsp3) is 0.348. The Balaban J connectivity index is 1.64. The number of carbonyl (C=O) groups is 3. The van der Waals surface area contributed by atoms with Crippen molar-refractivity contribution in [2.24, 2.45) is 5.92 Å². The van der Waals surface area contributed by atoms with Gasteiger partial charge in [-0.3, -0.25) is 14.4 Å². The molecule has 0 bridgehead atoms. The van der Waals surface area contributed by atoms with Gasteiger partial charge in [-0.25, -0.2) is 0 Å². The van der Waals surface area contributed by atoms with E-state index in [9.17, 15) is 14.4 Å². The first-order valence-electron chi connectivity index (χ1n) is 9.56. The predicted octanol–water partition coefficient (Wildman–Crippen LogP) is 3.48. The van der Waals surface area contributed by atoms with E-state index in [1.54, 1.807) is 43.2 Å². The summed E-state index contributed by atoms with van der Waals surface area (Å²) in [5.74, 6) is -0.888. The Morgan fingerprint density at radius 1 is 1.10 bits per heavy atom. The third-order valence-corrected chi connectivity index (χ3v) is 5.14. The zero-order valence-electron chi connectivity index (χ0n) is 17.1. The first-order valence-corrected chi connectivity index (χ1v) is 9.56. The first-order chi connectivity index (χ1) is 13.8. The van der Waals surface area contributed by atoms with Gasteiger partial charge < -0.3 is 14.4 Å². The Bertz CT molecular complexity index is 935. The lowest BCUT2D eigenvalue weighted by atomic mass is 10.1. The summed E-state index contributed by atoms with van der Waals surface area (Å²) in [5, 5.41) is 0. The number of rotatable bonds is 6. The standard InChI is InChI=1S/C23H25NO5/c1-14-5-10-20(15(2)11-14)24-13-18(12-21(24)25)23(27)29-16(3)22(26)17-6-8-19(28-4)9-7-17/h5-11,16,18H,12-13H2,1-4H3/t16-,18-/m0/s1. The largest absolute Gasteiger partial charge is 0.497 e. The highest BCUT2D eigenvalue weighted by molar-refractivity contribution is 6.02. The highest BCUT2D eigenvalue weighted by Gasteiger charge is 2.37. The fourth-order valence-corrected chi connectivity index (χ4v) is 3.52. The van der Waals surface area contributed by atoms with Crippen LogP contribution in [0.15, 0.2) is 42.5 Å². The Hall–Kier alpha value is -3.15. The molecule has 0 unspecified atom stereocenters. The van der Waals surface area contributed by atoms with Crippen LogP contribution in [-0.4, -0.2) is 37.4 Å². The molecule has 1 amide bonds. The zero-order valence-corrected chi connectivity index (χ0v) is 17.1. The van der Waals surface area contributed by atoms with E-state index in [0.717, 1.165) is 16.8 Å². The molecule has 0 spiro atoms. The Morgan fingerprint density at radius 2 is 1.79 bits per heavy atom. The number of hydrogen-bond donors (Lipinski definition) is 0. The minimum Gasteiger partial charge on any atom is -0.497 e. The number of aryl methyl sites for hydroxylation is 2. The number of Topliss-reactive ketones (excluding diaryl/α,β-unsaturated/α-hetero) is 1. The number of hydrogen-bond acceptors (Lipinski definition) is 5. The summed E-state index contributed by atoms with van der Waals surface area (Å²) in [5.41, 5.74) is 3.33. The van der Waals surface area contributed by atoms with Gasteiger partial charge in [0, 0.05) is 24.2 Å². The lowest BCUT2D eigenvalue weighted by Crippen LogP contribution is -2.30. The van der Waals surface area contributed by atoms with Crippen molar-refractivity contribution in [1.29, 1.82) is 0 Å². The van der Waals surface area contributed by atoms with E-state index >= 15 is 0 Å². The summed E-state index contributed by atoms with van der Waals surface area (Å²) in [4.78, 5) is 39.2. The van der Waals surface area contributed by atoms with Crippen molar-refractivity contribution in [3.63, 3.8) is 0 Å². The van der Waals surface area contributed by atoms with E-state index in [4.69, 9.17) is 9.47 Å². The van der Waals surface area contributed by atoms with Crippen LogP contribution >= 0.6 is 0 Å². The molecule has 2 aromatic carbocycles. The van der Waals surface area contributed by atoms with Crippen LogP contribution < -0.4 is 9.64 Å². The van der Waals surface area contributed by atoms with Crippen molar-refractivity contribution in [1.82, 2.24) is 0 Å². The molecule has 0 N–H and O–H groups in total. The van der Waals surface area contributed by atoms with Gasteiger partial charge in [-0.2, -0.15) is 0 Å². The maximum Gasteiger partial charge on any atom is 0.312 e. The Labute approximate surface area is 170 Å². The third kappa shape index (κ3) is 4.47. The van der Waals surface area contributed by atoms with Gasteiger partial charge >= 0.3 is 5.97 Å². The van der Waals surface area contributed by atoms with E-state index in [-0.39, 0.29) is 24.7 Å². The van der Waals surface area contributed by atoms with Crippen molar-refractivity contribution in [2.45, 2.75) is 33.3 Å². The summed E-state index contributed by atoms with van der Waals surface area (Å²) in [6.07, 6.45) is -0.851. The maximum absolute atomic E-state index is 12.6. The van der Waals surface area contributed by atoms with Gasteiger partial charge in [0.25, 0.3) is 0 Å². The van der Waals surface area contributed by atoms with Crippen molar-refractivity contribution < 1.29 is 23.9 Å². The van der Waals surface area contributed by atoms with Crippen molar-refractivity contribution in [2.75, 3.05) is 18.6 Å². The van der Waals surface area contributed by atoms with Crippen LogP contribution in [-0.2, 0) is 14.3 Å². The number of methoxy groups -OCH3 is 1. The first kappa shape index (κ1) is 20.6. The lowest BCUT2D eigenvalue weighted by molar-refractivity contribution is -0.151. The van der Waals surface area contributed by atoms with Gasteiger partial charge in [0.1, 0.15) is 5.75 Å². The molecule has 0 radical (unpaired) electrons. The van der Waals surface area contributed by atoms with E-state index < -0.39 is 18.0 Å². The number of ketones is 1. The third-order valence-electron chi connectivity index (χ3n) is 5.14. The molecule has 1 aliphatic heterocycles. The average Bonchev–Trinajstić information content (AvgIpc) is 3.09. The summed E-state index contributed by atoms with van der Waals surface area (Å²) in [6, 6.07) is 12.5. The molecule has 0 aromatic heterocycles. The second kappa shape index (κ2) is 8.47. The molecule has 3 rings (SSSR count). The lowest BCUT2D eigenvalue weighted by Gasteiger charge is -2.20. The molecule has 2 aromatic rings. The molecule has 1 aliphatic rings. The number of nitrogens with zero attached hydrogens (tertiary/aromatic N) is 1. The normalized spacial score (nSPS) is 17.2.